The number of amides is 3. The van der Waals surface area contributed by atoms with Gasteiger partial charge in [0.15, 0.2) is 0 Å². The second-order valence-corrected chi connectivity index (χ2v) is 14.7. The second kappa shape index (κ2) is 16.8. The number of aryl methyl sites for hydroxylation is 2. The number of H-pyrrole nitrogens is 1. The molecule has 2 N–H and O–H groups in total. The summed E-state index contributed by atoms with van der Waals surface area (Å²) in [5.74, 6) is 0.438. The Labute approximate surface area is 306 Å². The maximum Gasteiger partial charge on any atom is 0.410 e. The van der Waals surface area contributed by atoms with Gasteiger partial charge in [-0.1, -0.05) is 20.3 Å². The van der Waals surface area contributed by atoms with Crippen molar-refractivity contribution < 1.29 is 23.9 Å². The van der Waals surface area contributed by atoms with Crippen LogP contribution in [0.2, 0.25) is 0 Å². The minimum Gasteiger partial charge on any atom is -0.444 e. The van der Waals surface area contributed by atoms with Crippen molar-refractivity contribution in [2.45, 2.75) is 98.8 Å². The van der Waals surface area contributed by atoms with Crippen molar-refractivity contribution >= 4 is 29.4 Å². The number of carbonyl (C=O) groups excluding carboxylic acids is 3. The first-order valence-electron chi connectivity index (χ1n) is 18.5. The van der Waals surface area contributed by atoms with E-state index in [9.17, 15) is 19.2 Å². The summed E-state index contributed by atoms with van der Waals surface area (Å²) in [6, 6.07) is 9.65. The summed E-state index contributed by atoms with van der Waals surface area (Å²) in [7, 11) is 0. The van der Waals surface area contributed by atoms with E-state index >= 15 is 0 Å². The summed E-state index contributed by atoms with van der Waals surface area (Å²) in [6.45, 7) is 16.7. The largest absolute Gasteiger partial charge is 0.444 e. The van der Waals surface area contributed by atoms with Crippen LogP contribution in [0.3, 0.4) is 0 Å². The van der Waals surface area contributed by atoms with Crippen LogP contribution in [-0.4, -0.2) is 83.8 Å². The van der Waals surface area contributed by atoms with Gasteiger partial charge in [-0.15, -0.1) is 0 Å². The number of carbonyl (C=O) groups is 3. The molecule has 2 saturated heterocycles. The Morgan fingerprint density at radius 3 is 2.35 bits per heavy atom. The van der Waals surface area contributed by atoms with Crippen molar-refractivity contribution in [3.05, 3.63) is 74.8 Å². The van der Waals surface area contributed by atoms with Gasteiger partial charge in [-0.3, -0.25) is 14.4 Å². The summed E-state index contributed by atoms with van der Waals surface area (Å²) in [5, 5.41) is 3.02. The van der Waals surface area contributed by atoms with Gasteiger partial charge in [0.25, 0.3) is 11.5 Å². The molecule has 2 aliphatic heterocycles. The smallest absolute Gasteiger partial charge is 0.410 e. The molecule has 280 valence electrons. The van der Waals surface area contributed by atoms with E-state index in [1.807, 2.05) is 76.8 Å². The lowest BCUT2D eigenvalue weighted by molar-refractivity contribution is -0.119. The van der Waals surface area contributed by atoms with Gasteiger partial charge in [0.05, 0.1) is 0 Å². The van der Waals surface area contributed by atoms with Gasteiger partial charge >= 0.3 is 6.09 Å². The lowest BCUT2D eigenvalue weighted by atomic mass is 9.95. The summed E-state index contributed by atoms with van der Waals surface area (Å²) < 4.78 is 11.2. The predicted octanol–water partition coefficient (Wildman–Crippen LogP) is 5.92. The first-order chi connectivity index (χ1) is 24.8. The minimum atomic E-state index is -0.549. The molecule has 2 fully saturated rings. The Balaban J connectivity index is 1.46. The van der Waals surface area contributed by atoms with Gasteiger partial charge in [0, 0.05) is 92.7 Å². The molecule has 0 radical (unpaired) electrons. The van der Waals surface area contributed by atoms with Gasteiger partial charge in [-0.05, 0) is 101 Å². The molecule has 12 heteroatoms. The standard InChI is InChI=1S/C40H54N6O6/c1-8-10-28-21-26(3)43-38(49)33(28)25-42-37(48)32-22-30(23-34(27(32)4)46(36(47)9-2)31-13-19-51-20-14-31)29-11-12-35(41-24-29)44-15-17-45(18-16-44)39(50)52-40(5,6)7/h11-12,21-24,31H,8-10,13-20,25H2,1-7H3,(H,42,48)(H,43,49). The lowest BCUT2D eigenvalue weighted by Crippen LogP contribution is -2.50. The molecule has 4 heterocycles. The number of benzene rings is 1. The van der Waals surface area contributed by atoms with E-state index in [1.54, 1.807) is 11.1 Å². The monoisotopic (exact) mass is 714 g/mol. The molecule has 3 aromatic rings. The molecule has 12 nitrogen and oxygen atoms in total. The number of anilines is 2. The Bertz CT molecular complexity index is 1800. The van der Waals surface area contributed by atoms with E-state index in [0.717, 1.165) is 41.0 Å². The molecule has 0 saturated carbocycles. The summed E-state index contributed by atoms with van der Waals surface area (Å²) in [4.78, 5) is 66.6. The summed E-state index contributed by atoms with van der Waals surface area (Å²) >= 11 is 0. The molecule has 2 aromatic heterocycles. The van der Waals surface area contributed by atoms with Crippen molar-refractivity contribution in [1.82, 2.24) is 20.2 Å². The highest BCUT2D eigenvalue weighted by Gasteiger charge is 2.30. The number of piperazine rings is 1. The van der Waals surface area contributed by atoms with Crippen LogP contribution in [0.15, 0.2) is 41.3 Å². The molecule has 0 unspecified atom stereocenters. The van der Waals surface area contributed by atoms with Crippen LogP contribution in [-0.2, 0) is 27.2 Å². The van der Waals surface area contributed by atoms with Crippen LogP contribution in [0.5, 0.6) is 0 Å². The van der Waals surface area contributed by atoms with E-state index in [4.69, 9.17) is 14.5 Å². The third kappa shape index (κ3) is 9.20. The van der Waals surface area contributed by atoms with E-state index in [1.165, 1.54) is 0 Å². The number of ether oxygens (including phenoxy) is 2. The van der Waals surface area contributed by atoms with Crippen LogP contribution >= 0.6 is 0 Å². The second-order valence-electron chi connectivity index (χ2n) is 14.7. The van der Waals surface area contributed by atoms with Crippen LogP contribution in [0.25, 0.3) is 11.1 Å². The molecule has 1 aromatic carbocycles. The first-order valence-corrected chi connectivity index (χ1v) is 18.5. The SMILES string of the molecule is CCCc1cc(C)[nH]c(=O)c1CNC(=O)c1cc(-c2ccc(N3CCN(C(=O)OC(C)(C)C)CC3)nc2)cc(N(C(=O)CC)C2CCOCC2)c1C. The molecule has 0 spiro atoms. The highest BCUT2D eigenvalue weighted by Crippen LogP contribution is 2.35. The van der Waals surface area contributed by atoms with Crippen LogP contribution in [0.1, 0.15) is 93.0 Å². The van der Waals surface area contributed by atoms with Crippen LogP contribution in [0.4, 0.5) is 16.3 Å². The van der Waals surface area contributed by atoms with Gasteiger partial charge < -0.3 is 34.5 Å². The number of aromatic nitrogens is 2. The average molecular weight is 715 g/mol. The summed E-state index contributed by atoms with van der Waals surface area (Å²) in [5.41, 5.74) is 4.85. The topological polar surface area (TPSA) is 137 Å². The highest BCUT2D eigenvalue weighted by atomic mass is 16.6. The number of aromatic amines is 1. The Kier molecular flexibility index (Phi) is 12.4. The van der Waals surface area contributed by atoms with E-state index in [0.29, 0.717) is 81.0 Å². The number of nitrogens with one attached hydrogen (secondary N) is 2. The minimum absolute atomic E-state index is 0.0205. The van der Waals surface area contributed by atoms with Gasteiger partial charge in [0.2, 0.25) is 5.91 Å². The molecule has 52 heavy (non-hydrogen) atoms. The normalized spacial score (nSPS) is 15.4. The third-order valence-corrected chi connectivity index (χ3v) is 9.66. The number of nitrogens with zero attached hydrogens (tertiary/aromatic N) is 4. The first kappa shape index (κ1) is 38.5. The number of hydrogen-bond donors (Lipinski definition) is 2. The van der Waals surface area contributed by atoms with Crippen LogP contribution < -0.4 is 20.7 Å². The fourth-order valence-electron chi connectivity index (χ4n) is 6.92. The van der Waals surface area contributed by atoms with Crippen molar-refractivity contribution in [2.75, 3.05) is 49.2 Å². The van der Waals surface area contributed by atoms with Crippen molar-refractivity contribution in [1.29, 1.82) is 0 Å². The zero-order valence-corrected chi connectivity index (χ0v) is 31.8. The van der Waals surface area contributed by atoms with Gasteiger partial charge in [-0.2, -0.15) is 0 Å². The van der Waals surface area contributed by atoms with Crippen molar-refractivity contribution in [3.63, 3.8) is 0 Å². The van der Waals surface area contributed by atoms with Crippen molar-refractivity contribution in [2.24, 2.45) is 0 Å². The maximum absolute atomic E-state index is 14.1. The third-order valence-electron chi connectivity index (χ3n) is 9.66. The Morgan fingerprint density at radius 2 is 1.73 bits per heavy atom. The molecule has 0 bridgehead atoms. The highest BCUT2D eigenvalue weighted by molar-refractivity contribution is 6.02. The molecule has 5 rings (SSSR count). The molecular weight excluding hydrogens is 660 g/mol. The molecule has 2 aliphatic rings. The number of hydrogen-bond acceptors (Lipinski definition) is 8. The maximum atomic E-state index is 14.1. The Hall–Kier alpha value is -4.71. The van der Waals surface area contributed by atoms with Crippen molar-refractivity contribution in [3.8, 4) is 11.1 Å². The van der Waals surface area contributed by atoms with Crippen LogP contribution in [0, 0.1) is 13.8 Å². The zero-order valence-electron chi connectivity index (χ0n) is 31.8. The number of rotatable bonds is 10. The molecular formula is C40H54N6O6. The zero-order chi connectivity index (χ0) is 37.6. The van der Waals surface area contributed by atoms with E-state index in [2.05, 4.69) is 22.1 Å². The average Bonchev–Trinajstić information content (AvgIpc) is 3.12. The molecule has 3 amide bonds. The van der Waals surface area contributed by atoms with Gasteiger partial charge in [0.1, 0.15) is 11.4 Å². The quantitative estimate of drug-likeness (QED) is 0.264. The number of pyridine rings is 2. The van der Waals surface area contributed by atoms with E-state index < -0.39 is 5.60 Å². The fraction of sp³-hybridized carbons (Fsp3) is 0.525. The predicted molar refractivity (Wildman–Crippen MR) is 203 cm³/mol. The summed E-state index contributed by atoms with van der Waals surface area (Å²) in [6.07, 6.45) is 4.79. The van der Waals surface area contributed by atoms with E-state index in [-0.39, 0.29) is 36.1 Å². The molecule has 0 aliphatic carbocycles. The fourth-order valence-corrected chi connectivity index (χ4v) is 6.92. The lowest BCUT2D eigenvalue weighted by Gasteiger charge is -2.36. The molecule has 0 atom stereocenters. The Morgan fingerprint density at radius 1 is 1.02 bits per heavy atom. The van der Waals surface area contributed by atoms with Gasteiger partial charge in [-0.25, -0.2) is 9.78 Å².